The molecular weight excluding hydrogens is 214 g/mol. The van der Waals surface area contributed by atoms with E-state index < -0.39 is 0 Å². The molecule has 15 heavy (non-hydrogen) atoms. The number of para-hydroxylation sites is 1. The van der Waals surface area contributed by atoms with Crippen molar-refractivity contribution in [1.82, 2.24) is 0 Å². The van der Waals surface area contributed by atoms with Gasteiger partial charge < -0.3 is 4.74 Å². The van der Waals surface area contributed by atoms with Crippen molar-refractivity contribution in [2.24, 2.45) is 0 Å². The van der Waals surface area contributed by atoms with Gasteiger partial charge >= 0.3 is 0 Å². The number of amides is 1. The summed E-state index contributed by atoms with van der Waals surface area (Å²) >= 11 is 5.54. The van der Waals surface area contributed by atoms with E-state index in [9.17, 15) is 4.79 Å². The van der Waals surface area contributed by atoms with Crippen molar-refractivity contribution in [3.63, 3.8) is 0 Å². The molecule has 4 heteroatoms. The van der Waals surface area contributed by atoms with E-state index in [4.69, 9.17) is 16.3 Å². The maximum Gasteiger partial charge on any atom is 0.243 e. The Morgan fingerprint density at radius 3 is 2.67 bits per heavy atom. The van der Waals surface area contributed by atoms with E-state index in [-0.39, 0.29) is 18.5 Å². The van der Waals surface area contributed by atoms with Gasteiger partial charge in [-0.15, -0.1) is 11.6 Å². The number of carbonyl (C=O) groups is 1. The number of rotatable bonds is 4. The molecule has 0 heterocycles. The summed E-state index contributed by atoms with van der Waals surface area (Å²) in [5, 5.41) is 0. The van der Waals surface area contributed by atoms with Crippen LogP contribution < -0.4 is 4.90 Å². The Balaban J connectivity index is 2.98. The Bertz CT molecular complexity index is 341. The van der Waals surface area contributed by atoms with Crippen molar-refractivity contribution in [2.45, 2.75) is 6.92 Å². The molecule has 0 N–H and O–H groups in total. The number of alkyl halides is 1. The van der Waals surface area contributed by atoms with Gasteiger partial charge in [0.1, 0.15) is 12.6 Å². The number of benzene rings is 1. The monoisotopic (exact) mass is 227 g/mol. The summed E-state index contributed by atoms with van der Waals surface area (Å²) in [6.07, 6.45) is 0. The second-order valence-corrected chi connectivity index (χ2v) is 3.43. The second-order valence-electron chi connectivity index (χ2n) is 3.16. The van der Waals surface area contributed by atoms with Gasteiger partial charge in [-0.25, -0.2) is 0 Å². The topological polar surface area (TPSA) is 29.5 Å². The molecule has 0 aliphatic heterocycles. The molecule has 0 bridgehead atoms. The number of nitrogens with zero attached hydrogens (tertiary/aromatic N) is 1. The van der Waals surface area contributed by atoms with Crippen molar-refractivity contribution in [3.8, 4) is 0 Å². The minimum atomic E-state index is -0.159. The van der Waals surface area contributed by atoms with Crippen LogP contribution in [0.4, 0.5) is 5.69 Å². The molecule has 0 saturated heterocycles. The van der Waals surface area contributed by atoms with Gasteiger partial charge in [-0.1, -0.05) is 18.2 Å². The Morgan fingerprint density at radius 1 is 1.47 bits per heavy atom. The van der Waals surface area contributed by atoms with E-state index in [2.05, 4.69) is 0 Å². The number of ether oxygens (including phenoxy) is 1. The molecule has 0 saturated carbocycles. The third-order valence-corrected chi connectivity index (χ3v) is 2.31. The molecular formula is C11H14ClNO2. The molecule has 1 aromatic carbocycles. The number of anilines is 1. The normalized spacial score (nSPS) is 10.1. The number of aryl methyl sites for hydroxylation is 1. The lowest BCUT2D eigenvalue weighted by Gasteiger charge is -2.22. The summed E-state index contributed by atoms with van der Waals surface area (Å²) in [7, 11) is 1.55. The fourth-order valence-corrected chi connectivity index (χ4v) is 1.49. The van der Waals surface area contributed by atoms with Crippen LogP contribution in [-0.4, -0.2) is 25.6 Å². The molecule has 0 aromatic heterocycles. The van der Waals surface area contributed by atoms with Crippen LogP contribution in [0, 0.1) is 6.92 Å². The molecule has 3 nitrogen and oxygen atoms in total. The fraction of sp³-hybridized carbons (Fsp3) is 0.364. The first kappa shape index (κ1) is 12.0. The summed E-state index contributed by atoms with van der Waals surface area (Å²) in [5.41, 5.74) is 1.86. The van der Waals surface area contributed by atoms with Crippen LogP contribution in [0.15, 0.2) is 24.3 Å². The number of carbonyl (C=O) groups excluding carboxylic acids is 1. The highest BCUT2D eigenvalue weighted by Crippen LogP contribution is 2.19. The van der Waals surface area contributed by atoms with Crippen molar-refractivity contribution >= 4 is 23.2 Å². The summed E-state index contributed by atoms with van der Waals surface area (Å²) in [6, 6.07) is 7.62. The van der Waals surface area contributed by atoms with Crippen molar-refractivity contribution in [3.05, 3.63) is 29.8 Å². The van der Waals surface area contributed by atoms with Crippen LogP contribution in [0.25, 0.3) is 0 Å². The summed E-state index contributed by atoms with van der Waals surface area (Å²) in [5.74, 6) is -0.203. The molecule has 1 aromatic rings. The van der Waals surface area contributed by atoms with E-state index >= 15 is 0 Å². The minimum absolute atomic E-state index is 0.0440. The van der Waals surface area contributed by atoms with Gasteiger partial charge in [-0.3, -0.25) is 9.69 Å². The lowest BCUT2D eigenvalue weighted by molar-refractivity contribution is -0.117. The lowest BCUT2D eigenvalue weighted by Crippen LogP contribution is -2.34. The molecule has 1 amide bonds. The summed E-state index contributed by atoms with van der Waals surface area (Å²) in [6.45, 7) is 2.16. The van der Waals surface area contributed by atoms with Crippen molar-refractivity contribution < 1.29 is 9.53 Å². The molecule has 0 spiro atoms. The average molecular weight is 228 g/mol. The van der Waals surface area contributed by atoms with E-state index in [1.165, 1.54) is 4.90 Å². The van der Waals surface area contributed by atoms with E-state index in [0.717, 1.165) is 11.3 Å². The van der Waals surface area contributed by atoms with E-state index in [0.29, 0.717) is 0 Å². The SMILES string of the molecule is COCN(C(=O)CCl)c1ccccc1C. The Hall–Kier alpha value is -1.06. The Morgan fingerprint density at radius 2 is 2.13 bits per heavy atom. The second kappa shape index (κ2) is 5.73. The largest absolute Gasteiger partial charge is 0.364 e. The van der Waals surface area contributed by atoms with Crippen LogP contribution in [0.3, 0.4) is 0 Å². The summed E-state index contributed by atoms with van der Waals surface area (Å²) < 4.78 is 4.98. The smallest absolute Gasteiger partial charge is 0.243 e. The predicted molar refractivity (Wildman–Crippen MR) is 61.3 cm³/mol. The van der Waals surface area contributed by atoms with Gasteiger partial charge in [0.15, 0.2) is 0 Å². The maximum absolute atomic E-state index is 11.6. The number of hydrogen-bond acceptors (Lipinski definition) is 2. The van der Waals surface area contributed by atoms with Gasteiger partial charge in [0.25, 0.3) is 0 Å². The molecule has 0 fully saturated rings. The summed E-state index contributed by atoms with van der Waals surface area (Å²) in [4.78, 5) is 13.1. The van der Waals surface area contributed by atoms with Crippen molar-refractivity contribution in [2.75, 3.05) is 24.6 Å². The highest BCUT2D eigenvalue weighted by Gasteiger charge is 2.15. The van der Waals surface area contributed by atoms with E-state index in [1.54, 1.807) is 7.11 Å². The molecule has 0 radical (unpaired) electrons. The standard InChI is InChI=1S/C11H14ClNO2/c1-9-5-3-4-6-10(9)13(8-15-2)11(14)7-12/h3-6H,7-8H2,1-2H3. The van der Waals surface area contributed by atoms with Gasteiger partial charge in [0, 0.05) is 12.8 Å². The first-order valence-corrected chi connectivity index (χ1v) is 5.15. The number of methoxy groups -OCH3 is 1. The van der Waals surface area contributed by atoms with Crippen LogP contribution in [-0.2, 0) is 9.53 Å². The van der Waals surface area contributed by atoms with Gasteiger partial charge in [-0.05, 0) is 18.6 Å². The molecule has 0 atom stereocenters. The van der Waals surface area contributed by atoms with Crippen molar-refractivity contribution in [1.29, 1.82) is 0 Å². The highest BCUT2D eigenvalue weighted by molar-refractivity contribution is 6.29. The third kappa shape index (κ3) is 2.94. The Labute approximate surface area is 94.6 Å². The van der Waals surface area contributed by atoms with E-state index in [1.807, 2.05) is 31.2 Å². The lowest BCUT2D eigenvalue weighted by atomic mass is 10.2. The van der Waals surface area contributed by atoms with Gasteiger partial charge in [0.2, 0.25) is 5.91 Å². The quantitative estimate of drug-likeness (QED) is 0.583. The molecule has 1 rings (SSSR count). The highest BCUT2D eigenvalue weighted by atomic mass is 35.5. The van der Waals surface area contributed by atoms with Crippen LogP contribution in [0.2, 0.25) is 0 Å². The third-order valence-electron chi connectivity index (χ3n) is 2.08. The first-order chi connectivity index (χ1) is 7.20. The zero-order valence-corrected chi connectivity index (χ0v) is 9.62. The molecule has 0 aliphatic rings. The number of hydrogen-bond donors (Lipinski definition) is 0. The average Bonchev–Trinajstić information content (AvgIpc) is 2.26. The molecule has 0 unspecified atom stereocenters. The van der Waals surface area contributed by atoms with Crippen LogP contribution in [0.5, 0.6) is 0 Å². The zero-order chi connectivity index (χ0) is 11.3. The first-order valence-electron chi connectivity index (χ1n) is 4.61. The minimum Gasteiger partial charge on any atom is -0.364 e. The van der Waals surface area contributed by atoms with Crippen LogP contribution in [0.1, 0.15) is 5.56 Å². The predicted octanol–water partition coefficient (Wildman–Crippen LogP) is 2.17. The zero-order valence-electron chi connectivity index (χ0n) is 8.87. The van der Waals surface area contributed by atoms with Gasteiger partial charge in [-0.2, -0.15) is 0 Å². The Kier molecular flexibility index (Phi) is 4.59. The molecule has 0 aliphatic carbocycles. The molecule has 82 valence electrons. The van der Waals surface area contributed by atoms with Crippen LogP contribution >= 0.6 is 11.6 Å². The fourth-order valence-electron chi connectivity index (χ4n) is 1.34. The maximum atomic E-state index is 11.6. The van der Waals surface area contributed by atoms with Gasteiger partial charge in [0.05, 0.1) is 0 Å². The number of halogens is 1.